The van der Waals surface area contributed by atoms with Gasteiger partial charge in [0.2, 0.25) is 0 Å². The van der Waals surface area contributed by atoms with E-state index in [4.69, 9.17) is 4.74 Å². The van der Waals surface area contributed by atoms with E-state index >= 15 is 0 Å². The summed E-state index contributed by atoms with van der Waals surface area (Å²) >= 11 is 0. The Morgan fingerprint density at radius 1 is 1.24 bits per heavy atom. The predicted octanol–water partition coefficient (Wildman–Crippen LogP) is 2.75. The van der Waals surface area contributed by atoms with Crippen LogP contribution in [0.5, 0.6) is 5.75 Å². The zero-order valence-electron chi connectivity index (χ0n) is 13.0. The number of likely N-dealkylation sites (tertiary alicyclic amines) is 1. The van der Waals surface area contributed by atoms with Crippen molar-refractivity contribution in [2.24, 2.45) is 5.92 Å². The Morgan fingerprint density at radius 2 is 2.10 bits per heavy atom. The van der Waals surface area contributed by atoms with Crippen LogP contribution in [0.15, 0.2) is 18.2 Å². The molecule has 2 aliphatic heterocycles. The minimum Gasteiger partial charge on any atom is -0.493 e. The molecule has 0 spiro atoms. The molecule has 0 saturated carbocycles. The number of nitrogens with zero attached hydrogens (tertiary/aromatic N) is 2. The standard InChI is InChI=1S/C17H25FN2O/c1-19-9-13-5-3-7-15(19)12-20(10-13)11-14-6-4-8-16(18)17(14)21-2/h4,6,8,13,15H,3,5,7,9-12H2,1-2H3/t13-,15-/m0/s1. The normalized spacial score (nSPS) is 27.4. The molecule has 3 rings (SSSR count). The summed E-state index contributed by atoms with van der Waals surface area (Å²) in [5, 5.41) is 0. The number of halogens is 1. The molecule has 0 N–H and O–H groups in total. The molecule has 21 heavy (non-hydrogen) atoms. The lowest BCUT2D eigenvalue weighted by molar-refractivity contribution is 0.185. The Hall–Kier alpha value is -1.13. The van der Waals surface area contributed by atoms with E-state index in [0.29, 0.717) is 11.8 Å². The monoisotopic (exact) mass is 292 g/mol. The van der Waals surface area contributed by atoms with Crippen molar-refractivity contribution >= 4 is 0 Å². The predicted molar refractivity (Wildman–Crippen MR) is 82.0 cm³/mol. The van der Waals surface area contributed by atoms with Gasteiger partial charge in [-0.2, -0.15) is 0 Å². The molecule has 0 aromatic heterocycles. The number of hydrogen-bond donors (Lipinski definition) is 0. The minimum atomic E-state index is -0.262. The second-order valence-electron chi connectivity index (χ2n) is 6.52. The van der Waals surface area contributed by atoms with E-state index in [0.717, 1.165) is 31.1 Å². The lowest BCUT2D eigenvalue weighted by Gasteiger charge is -2.30. The average Bonchev–Trinajstić information content (AvgIpc) is 2.68. The van der Waals surface area contributed by atoms with Gasteiger partial charge in [-0.05, 0) is 31.9 Å². The number of hydrogen-bond acceptors (Lipinski definition) is 3. The zero-order chi connectivity index (χ0) is 14.8. The Morgan fingerprint density at radius 3 is 2.90 bits per heavy atom. The van der Waals surface area contributed by atoms with Gasteiger partial charge in [-0.15, -0.1) is 0 Å². The highest BCUT2D eigenvalue weighted by Gasteiger charge is 2.30. The summed E-state index contributed by atoms with van der Waals surface area (Å²) in [4.78, 5) is 5.00. The fraction of sp³-hybridized carbons (Fsp3) is 0.647. The summed E-state index contributed by atoms with van der Waals surface area (Å²) in [5.74, 6) is 0.879. The minimum absolute atomic E-state index is 0.262. The molecule has 2 heterocycles. The Kier molecular flexibility index (Phi) is 4.45. The summed E-state index contributed by atoms with van der Waals surface area (Å²) in [6.07, 6.45) is 3.94. The molecule has 3 nitrogen and oxygen atoms in total. The van der Waals surface area contributed by atoms with E-state index in [2.05, 4.69) is 16.8 Å². The lowest BCUT2D eigenvalue weighted by Crippen LogP contribution is -2.38. The zero-order valence-corrected chi connectivity index (χ0v) is 13.0. The second-order valence-corrected chi connectivity index (χ2v) is 6.52. The number of fused-ring (bicyclic) bond motifs is 3. The highest BCUT2D eigenvalue weighted by atomic mass is 19.1. The summed E-state index contributed by atoms with van der Waals surface area (Å²) < 4.78 is 19.1. The SMILES string of the molecule is COc1c(F)cccc1CN1C[C@H]2CCC[C@@H](C1)N(C)C2. The van der Waals surface area contributed by atoms with Crippen molar-refractivity contribution in [3.63, 3.8) is 0 Å². The second kappa shape index (κ2) is 6.32. The molecular formula is C17H25FN2O. The number of likely N-dealkylation sites (N-methyl/N-ethyl adjacent to an activating group) is 1. The van der Waals surface area contributed by atoms with Crippen molar-refractivity contribution in [1.82, 2.24) is 9.80 Å². The maximum Gasteiger partial charge on any atom is 0.165 e. The Bertz CT molecular complexity index is 494. The molecule has 2 aliphatic rings. The number of ether oxygens (including phenoxy) is 1. The largest absolute Gasteiger partial charge is 0.493 e. The smallest absolute Gasteiger partial charge is 0.165 e. The highest BCUT2D eigenvalue weighted by molar-refractivity contribution is 5.34. The molecule has 1 aromatic rings. The van der Waals surface area contributed by atoms with Crippen LogP contribution in [-0.4, -0.2) is 49.6 Å². The molecule has 2 atom stereocenters. The van der Waals surface area contributed by atoms with E-state index in [-0.39, 0.29) is 5.82 Å². The van der Waals surface area contributed by atoms with Crippen molar-refractivity contribution in [2.45, 2.75) is 31.8 Å². The van der Waals surface area contributed by atoms with Gasteiger partial charge in [0, 0.05) is 37.8 Å². The van der Waals surface area contributed by atoms with Gasteiger partial charge in [-0.1, -0.05) is 18.6 Å². The van der Waals surface area contributed by atoms with Gasteiger partial charge < -0.3 is 9.64 Å². The molecule has 116 valence electrons. The Labute approximate surface area is 126 Å². The topological polar surface area (TPSA) is 15.7 Å². The number of para-hydroxylation sites is 1. The van der Waals surface area contributed by atoms with Crippen LogP contribution in [0.25, 0.3) is 0 Å². The summed E-state index contributed by atoms with van der Waals surface area (Å²) in [7, 11) is 3.79. The van der Waals surface area contributed by atoms with Crippen LogP contribution in [0.3, 0.4) is 0 Å². The van der Waals surface area contributed by atoms with Gasteiger partial charge in [0.25, 0.3) is 0 Å². The fourth-order valence-electron chi connectivity index (χ4n) is 3.90. The molecule has 0 amide bonds. The number of benzene rings is 1. The van der Waals surface area contributed by atoms with E-state index in [1.54, 1.807) is 13.2 Å². The average molecular weight is 292 g/mol. The van der Waals surface area contributed by atoms with Crippen molar-refractivity contribution in [1.29, 1.82) is 0 Å². The third-order valence-corrected chi connectivity index (χ3v) is 4.95. The van der Waals surface area contributed by atoms with Gasteiger partial charge in [-0.3, -0.25) is 4.90 Å². The Balaban J connectivity index is 1.77. The quantitative estimate of drug-likeness (QED) is 0.852. The molecule has 1 aromatic carbocycles. The maximum absolute atomic E-state index is 13.8. The molecule has 2 fully saturated rings. The summed E-state index contributed by atoms with van der Waals surface area (Å²) in [6, 6.07) is 5.86. The molecular weight excluding hydrogens is 267 g/mol. The van der Waals surface area contributed by atoms with Crippen LogP contribution in [0, 0.1) is 11.7 Å². The fourth-order valence-corrected chi connectivity index (χ4v) is 3.90. The first-order valence-electron chi connectivity index (χ1n) is 7.91. The van der Waals surface area contributed by atoms with Crippen LogP contribution in [0.2, 0.25) is 0 Å². The van der Waals surface area contributed by atoms with Crippen LogP contribution in [-0.2, 0) is 6.54 Å². The van der Waals surface area contributed by atoms with E-state index in [1.165, 1.54) is 31.9 Å². The van der Waals surface area contributed by atoms with Gasteiger partial charge >= 0.3 is 0 Å². The van der Waals surface area contributed by atoms with Crippen molar-refractivity contribution in [2.75, 3.05) is 33.8 Å². The van der Waals surface area contributed by atoms with E-state index in [9.17, 15) is 4.39 Å². The molecule has 0 radical (unpaired) electrons. The van der Waals surface area contributed by atoms with Crippen molar-refractivity contribution in [3.8, 4) is 5.75 Å². The molecule has 0 aliphatic carbocycles. The van der Waals surface area contributed by atoms with Gasteiger partial charge in [0.05, 0.1) is 7.11 Å². The summed E-state index contributed by atoms with van der Waals surface area (Å²) in [6.45, 7) is 4.16. The van der Waals surface area contributed by atoms with Gasteiger partial charge in [0.15, 0.2) is 11.6 Å². The third kappa shape index (κ3) is 3.22. The van der Waals surface area contributed by atoms with Gasteiger partial charge in [0.1, 0.15) is 0 Å². The van der Waals surface area contributed by atoms with Crippen LogP contribution >= 0.6 is 0 Å². The highest BCUT2D eigenvalue weighted by Crippen LogP contribution is 2.29. The van der Waals surface area contributed by atoms with E-state index in [1.807, 2.05) is 6.07 Å². The molecule has 0 unspecified atom stereocenters. The van der Waals surface area contributed by atoms with E-state index < -0.39 is 0 Å². The first-order chi connectivity index (χ1) is 10.2. The van der Waals surface area contributed by atoms with Gasteiger partial charge in [-0.25, -0.2) is 4.39 Å². The molecule has 2 saturated heterocycles. The van der Waals surface area contributed by atoms with Crippen LogP contribution in [0.1, 0.15) is 24.8 Å². The van der Waals surface area contributed by atoms with Crippen molar-refractivity contribution in [3.05, 3.63) is 29.6 Å². The van der Waals surface area contributed by atoms with Crippen molar-refractivity contribution < 1.29 is 9.13 Å². The molecule has 4 heteroatoms. The number of rotatable bonds is 3. The third-order valence-electron chi connectivity index (χ3n) is 4.95. The lowest BCUT2D eigenvalue weighted by atomic mass is 9.99. The first-order valence-corrected chi connectivity index (χ1v) is 7.91. The van der Waals surface area contributed by atoms with Crippen LogP contribution < -0.4 is 4.74 Å². The summed E-state index contributed by atoms with van der Waals surface area (Å²) in [5.41, 5.74) is 0.958. The first kappa shape index (κ1) is 14.8. The van der Waals surface area contributed by atoms with Crippen LogP contribution in [0.4, 0.5) is 4.39 Å². The molecule has 2 bridgehead atoms. The maximum atomic E-state index is 13.8. The number of methoxy groups -OCH3 is 1.